The molecule has 0 aromatic heterocycles. The molecule has 9 heavy (non-hydrogen) atoms. The Morgan fingerprint density at radius 2 is 2.33 bits per heavy atom. The molecule has 0 aliphatic carbocycles. The van der Waals surface area contributed by atoms with Crippen LogP contribution in [0.2, 0.25) is 0 Å². The van der Waals surface area contributed by atoms with E-state index in [0.29, 0.717) is 6.42 Å². The van der Waals surface area contributed by atoms with Gasteiger partial charge in [0.1, 0.15) is 6.04 Å². The lowest BCUT2D eigenvalue weighted by molar-refractivity contribution is -0.145. The van der Waals surface area contributed by atoms with Gasteiger partial charge in [-0.2, -0.15) is 5.90 Å². The van der Waals surface area contributed by atoms with Gasteiger partial charge >= 0.3 is 5.97 Å². The van der Waals surface area contributed by atoms with Crippen LogP contribution in [-0.2, 0) is 9.63 Å². The van der Waals surface area contributed by atoms with Crippen molar-refractivity contribution in [1.82, 2.24) is 0 Å². The molecule has 0 radical (unpaired) electrons. The third kappa shape index (κ3) is 3.05. The average Bonchev–Trinajstić information content (AvgIpc) is 1.87. The quantitative estimate of drug-likeness (QED) is 0.509. The summed E-state index contributed by atoms with van der Waals surface area (Å²) in [5.74, 6) is 4.03. The second-order valence-electron chi connectivity index (χ2n) is 1.83. The van der Waals surface area contributed by atoms with Crippen LogP contribution in [0, 0.1) is 0 Å². The van der Waals surface area contributed by atoms with Crippen molar-refractivity contribution in [3.63, 3.8) is 0 Å². The van der Waals surface area contributed by atoms with E-state index in [2.05, 4.69) is 10.7 Å². The highest BCUT2D eigenvalue weighted by Gasteiger charge is 2.11. The van der Waals surface area contributed by atoms with E-state index in [4.69, 9.17) is 5.73 Å². The SMILES string of the molecule is CCC[C@H](N)C(=O)ON. The molecule has 0 saturated carbocycles. The minimum atomic E-state index is -0.556. The van der Waals surface area contributed by atoms with Crippen LogP contribution in [0.3, 0.4) is 0 Å². The highest BCUT2D eigenvalue weighted by Crippen LogP contribution is 1.93. The van der Waals surface area contributed by atoms with Crippen LogP contribution in [0.15, 0.2) is 0 Å². The number of nitrogens with two attached hydrogens (primary N) is 2. The molecule has 0 aromatic carbocycles. The maximum Gasteiger partial charge on any atom is 0.341 e. The molecular weight excluding hydrogens is 120 g/mol. The molecule has 0 fully saturated rings. The molecule has 4 heteroatoms. The summed E-state index contributed by atoms with van der Waals surface area (Å²) < 4.78 is 0. The first-order valence-electron chi connectivity index (χ1n) is 2.88. The normalized spacial score (nSPS) is 12.8. The summed E-state index contributed by atoms with van der Waals surface area (Å²) in [5.41, 5.74) is 5.28. The van der Waals surface area contributed by atoms with Crippen LogP contribution >= 0.6 is 0 Å². The first-order chi connectivity index (χ1) is 4.22. The highest BCUT2D eigenvalue weighted by atomic mass is 16.7. The Labute approximate surface area is 54.1 Å². The molecule has 4 nitrogen and oxygen atoms in total. The fraction of sp³-hybridized carbons (Fsp3) is 0.800. The molecule has 1 atom stereocenters. The molecule has 4 N–H and O–H groups in total. The van der Waals surface area contributed by atoms with Crippen molar-refractivity contribution >= 4 is 5.97 Å². The number of rotatable bonds is 3. The monoisotopic (exact) mass is 132 g/mol. The van der Waals surface area contributed by atoms with Crippen LogP contribution in [-0.4, -0.2) is 12.0 Å². The molecule has 0 amide bonds. The Balaban J connectivity index is 3.45. The zero-order valence-corrected chi connectivity index (χ0v) is 5.46. The topological polar surface area (TPSA) is 78.3 Å². The van der Waals surface area contributed by atoms with E-state index >= 15 is 0 Å². The molecule has 0 bridgehead atoms. The van der Waals surface area contributed by atoms with Gasteiger partial charge in [0, 0.05) is 0 Å². The van der Waals surface area contributed by atoms with E-state index in [-0.39, 0.29) is 0 Å². The number of hydrogen-bond donors (Lipinski definition) is 2. The van der Waals surface area contributed by atoms with Gasteiger partial charge in [0.2, 0.25) is 0 Å². The van der Waals surface area contributed by atoms with Crippen molar-refractivity contribution in [2.45, 2.75) is 25.8 Å². The summed E-state index contributed by atoms with van der Waals surface area (Å²) in [7, 11) is 0. The maximum absolute atomic E-state index is 10.4. The predicted molar refractivity (Wildman–Crippen MR) is 33.2 cm³/mol. The van der Waals surface area contributed by atoms with Crippen LogP contribution in [0.25, 0.3) is 0 Å². The van der Waals surface area contributed by atoms with Crippen LogP contribution in [0.5, 0.6) is 0 Å². The Morgan fingerprint density at radius 3 is 2.67 bits per heavy atom. The lowest BCUT2D eigenvalue weighted by Gasteiger charge is -2.04. The number of carbonyl (C=O) groups excluding carboxylic acids is 1. The molecule has 0 aliphatic rings. The molecule has 0 aliphatic heterocycles. The van der Waals surface area contributed by atoms with Crippen molar-refractivity contribution in [3.05, 3.63) is 0 Å². The van der Waals surface area contributed by atoms with E-state index in [0.717, 1.165) is 6.42 Å². The molecule has 0 spiro atoms. The highest BCUT2D eigenvalue weighted by molar-refractivity contribution is 5.74. The van der Waals surface area contributed by atoms with E-state index < -0.39 is 12.0 Å². The molecule has 0 saturated heterocycles. The Bertz CT molecular complexity index is 95.0. The lowest BCUT2D eigenvalue weighted by Crippen LogP contribution is -2.33. The minimum Gasteiger partial charge on any atom is -0.372 e. The standard InChI is InChI=1S/C5H12N2O2/c1-2-3-4(6)5(8)9-7/h4H,2-3,6-7H2,1H3/t4-/m0/s1. The summed E-state index contributed by atoms with van der Waals surface area (Å²) in [5, 5.41) is 0. The predicted octanol–water partition coefficient (Wildman–Crippen LogP) is -0.469. The molecular formula is C5H12N2O2. The number of hydrogen-bond acceptors (Lipinski definition) is 4. The smallest absolute Gasteiger partial charge is 0.341 e. The fourth-order valence-corrected chi connectivity index (χ4v) is 0.516. The van der Waals surface area contributed by atoms with E-state index in [1.54, 1.807) is 0 Å². The van der Waals surface area contributed by atoms with Crippen molar-refractivity contribution < 1.29 is 9.63 Å². The van der Waals surface area contributed by atoms with E-state index in [1.165, 1.54) is 0 Å². The largest absolute Gasteiger partial charge is 0.372 e. The van der Waals surface area contributed by atoms with Gasteiger partial charge in [-0.1, -0.05) is 13.3 Å². The summed E-state index contributed by atoms with van der Waals surface area (Å²) in [4.78, 5) is 14.3. The van der Waals surface area contributed by atoms with Crippen molar-refractivity contribution in [2.24, 2.45) is 11.6 Å². The fourth-order valence-electron chi connectivity index (χ4n) is 0.516. The lowest BCUT2D eigenvalue weighted by atomic mass is 10.2. The Morgan fingerprint density at radius 1 is 1.78 bits per heavy atom. The first kappa shape index (κ1) is 8.39. The minimum absolute atomic E-state index is 0.545. The van der Waals surface area contributed by atoms with Gasteiger partial charge in [0.25, 0.3) is 0 Å². The maximum atomic E-state index is 10.4. The van der Waals surface area contributed by atoms with Gasteiger partial charge in [0.05, 0.1) is 0 Å². The summed E-state index contributed by atoms with van der Waals surface area (Å²) in [6.07, 6.45) is 1.48. The second-order valence-corrected chi connectivity index (χ2v) is 1.83. The molecule has 0 unspecified atom stereocenters. The van der Waals surface area contributed by atoms with Gasteiger partial charge < -0.3 is 10.6 Å². The van der Waals surface area contributed by atoms with Gasteiger partial charge in [-0.15, -0.1) is 0 Å². The summed E-state index contributed by atoms with van der Waals surface area (Å²) >= 11 is 0. The molecule has 54 valence electrons. The Kier molecular flexibility index (Phi) is 4.00. The zero-order valence-electron chi connectivity index (χ0n) is 5.46. The van der Waals surface area contributed by atoms with Crippen molar-refractivity contribution in [2.75, 3.05) is 0 Å². The van der Waals surface area contributed by atoms with Crippen LogP contribution < -0.4 is 11.6 Å². The second kappa shape index (κ2) is 4.29. The third-order valence-electron chi connectivity index (χ3n) is 1.02. The van der Waals surface area contributed by atoms with Crippen molar-refractivity contribution in [3.8, 4) is 0 Å². The average molecular weight is 132 g/mol. The van der Waals surface area contributed by atoms with E-state index in [1.807, 2.05) is 6.92 Å². The van der Waals surface area contributed by atoms with Gasteiger partial charge in [-0.05, 0) is 6.42 Å². The van der Waals surface area contributed by atoms with Crippen LogP contribution in [0.1, 0.15) is 19.8 Å². The molecule has 0 rings (SSSR count). The first-order valence-corrected chi connectivity index (χ1v) is 2.88. The summed E-state index contributed by atoms with van der Waals surface area (Å²) in [6, 6.07) is -0.556. The molecule has 0 aromatic rings. The van der Waals surface area contributed by atoms with Crippen LogP contribution in [0.4, 0.5) is 0 Å². The van der Waals surface area contributed by atoms with Gasteiger partial charge in [-0.3, -0.25) is 0 Å². The van der Waals surface area contributed by atoms with Crippen molar-refractivity contribution in [1.29, 1.82) is 0 Å². The molecule has 0 heterocycles. The zero-order chi connectivity index (χ0) is 7.28. The third-order valence-corrected chi connectivity index (χ3v) is 1.02. The summed E-state index contributed by atoms with van der Waals surface area (Å²) in [6.45, 7) is 1.93. The van der Waals surface area contributed by atoms with E-state index in [9.17, 15) is 4.79 Å². The van der Waals surface area contributed by atoms with Gasteiger partial charge in [0.15, 0.2) is 0 Å². The Hall–Kier alpha value is -0.610. The number of carbonyl (C=O) groups is 1. The van der Waals surface area contributed by atoms with Gasteiger partial charge in [-0.25, -0.2) is 4.79 Å².